The third kappa shape index (κ3) is 3.24. The van der Waals surface area contributed by atoms with Crippen LogP contribution in [0.4, 0.5) is 11.4 Å². The lowest BCUT2D eigenvalue weighted by atomic mass is 10.1. The molecule has 0 fully saturated rings. The first-order valence-corrected chi connectivity index (χ1v) is 6.37. The van der Waals surface area contributed by atoms with E-state index in [0.717, 1.165) is 5.56 Å². The molecule has 2 aromatic rings. The molecule has 0 aliphatic heterocycles. The van der Waals surface area contributed by atoms with Gasteiger partial charge in [0.05, 0.1) is 4.92 Å². The fraction of sp³-hybridized carbons (Fsp3) is 0.133. The maximum absolute atomic E-state index is 12.2. The Bertz CT molecular complexity index is 698. The minimum atomic E-state index is -0.499. The summed E-state index contributed by atoms with van der Waals surface area (Å²) < 4.78 is 0. The summed E-state index contributed by atoms with van der Waals surface area (Å²) in [5.74, 6) is -0.384. The van der Waals surface area contributed by atoms with Crippen LogP contribution in [-0.4, -0.2) is 10.8 Å². The zero-order valence-corrected chi connectivity index (χ0v) is 11.5. The van der Waals surface area contributed by atoms with Gasteiger partial charge in [0, 0.05) is 29.4 Å². The molecule has 0 spiro atoms. The topological polar surface area (TPSA) is 98.3 Å². The lowest BCUT2D eigenvalue weighted by Crippen LogP contribution is -2.14. The average molecular weight is 285 g/mol. The summed E-state index contributed by atoms with van der Waals surface area (Å²) in [5.41, 5.74) is 7.60. The van der Waals surface area contributed by atoms with Gasteiger partial charge in [0.15, 0.2) is 0 Å². The summed E-state index contributed by atoms with van der Waals surface area (Å²) in [6.07, 6.45) is 0. The van der Waals surface area contributed by atoms with Crippen molar-refractivity contribution in [3.63, 3.8) is 0 Å². The standard InChI is InChI=1S/C15H15N3O3/c1-10-13(6-3-7-14(10)18(20)21)15(19)17-12-5-2-4-11(8-12)9-16/h2-8H,9,16H2,1H3,(H,17,19). The highest BCUT2D eigenvalue weighted by Crippen LogP contribution is 2.22. The maximum atomic E-state index is 12.2. The van der Waals surface area contributed by atoms with Gasteiger partial charge in [0.25, 0.3) is 11.6 Å². The maximum Gasteiger partial charge on any atom is 0.273 e. The first kappa shape index (κ1) is 14.7. The predicted molar refractivity (Wildman–Crippen MR) is 80.1 cm³/mol. The molecule has 21 heavy (non-hydrogen) atoms. The quantitative estimate of drug-likeness (QED) is 0.666. The molecule has 0 saturated heterocycles. The van der Waals surface area contributed by atoms with Gasteiger partial charge >= 0.3 is 0 Å². The Morgan fingerprint density at radius 1 is 1.29 bits per heavy atom. The van der Waals surface area contributed by atoms with Crippen LogP contribution in [0.15, 0.2) is 42.5 Å². The molecule has 0 unspecified atom stereocenters. The number of hydrogen-bond acceptors (Lipinski definition) is 4. The number of nitrogens with zero attached hydrogens (tertiary/aromatic N) is 1. The number of carbonyl (C=O) groups excluding carboxylic acids is 1. The number of rotatable bonds is 4. The molecule has 0 aliphatic rings. The van der Waals surface area contributed by atoms with Gasteiger partial charge in [-0.15, -0.1) is 0 Å². The smallest absolute Gasteiger partial charge is 0.273 e. The summed E-state index contributed by atoms with van der Waals surface area (Å²) in [4.78, 5) is 22.6. The van der Waals surface area contributed by atoms with Crippen molar-refractivity contribution in [1.29, 1.82) is 0 Å². The van der Waals surface area contributed by atoms with Crippen LogP contribution in [-0.2, 0) is 6.54 Å². The van der Waals surface area contributed by atoms with E-state index in [1.54, 1.807) is 31.2 Å². The van der Waals surface area contributed by atoms with E-state index in [9.17, 15) is 14.9 Å². The van der Waals surface area contributed by atoms with E-state index < -0.39 is 4.92 Å². The number of nitro benzene ring substituents is 1. The number of carbonyl (C=O) groups is 1. The van der Waals surface area contributed by atoms with E-state index in [1.807, 2.05) is 6.07 Å². The summed E-state index contributed by atoms with van der Waals surface area (Å²) in [6.45, 7) is 1.93. The van der Waals surface area contributed by atoms with Crippen molar-refractivity contribution in [3.8, 4) is 0 Å². The number of benzene rings is 2. The van der Waals surface area contributed by atoms with Crippen molar-refractivity contribution in [2.24, 2.45) is 5.73 Å². The fourth-order valence-corrected chi connectivity index (χ4v) is 2.04. The van der Waals surface area contributed by atoms with Crippen LogP contribution in [0.2, 0.25) is 0 Å². The lowest BCUT2D eigenvalue weighted by Gasteiger charge is -2.09. The summed E-state index contributed by atoms with van der Waals surface area (Å²) in [7, 11) is 0. The molecule has 1 amide bonds. The molecule has 0 atom stereocenters. The van der Waals surface area contributed by atoms with Crippen molar-refractivity contribution in [2.75, 3.05) is 5.32 Å². The van der Waals surface area contributed by atoms with Crippen LogP contribution < -0.4 is 11.1 Å². The van der Waals surface area contributed by atoms with E-state index in [4.69, 9.17) is 5.73 Å². The fourth-order valence-electron chi connectivity index (χ4n) is 2.04. The third-order valence-corrected chi connectivity index (χ3v) is 3.17. The van der Waals surface area contributed by atoms with Crippen LogP contribution in [0.5, 0.6) is 0 Å². The SMILES string of the molecule is Cc1c(C(=O)Nc2cccc(CN)c2)cccc1[N+](=O)[O-]. The number of nitrogens with two attached hydrogens (primary N) is 1. The van der Waals surface area contributed by atoms with E-state index in [-0.39, 0.29) is 17.2 Å². The molecular weight excluding hydrogens is 270 g/mol. The van der Waals surface area contributed by atoms with Crippen molar-refractivity contribution >= 4 is 17.3 Å². The summed E-state index contributed by atoms with van der Waals surface area (Å²) in [5, 5.41) is 13.6. The van der Waals surface area contributed by atoms with Crippen molar-refractivity contribution in [2.45, 2.75) is 13.5 Å². The van der Waals surface area contributed by atoms with Crippen LogP contribution in [0.25, 0.3) is 0 Å². The van der Waals surface area contributed by atoms with Gasteiger partial charge in [-0.1, -0.05) is 18.2 Å². The highest BCUT2D eigenvalue weighted by molar-refractivity contribution is 6.05. The Balaban J connectivity index is 2.28. The van der Waals surface area contributed by atoms with Gasteiger partial charge in [-0.2, -0.15) is 0 Å². The molecular formula is C15H15N3O3. The van der Waals surface area contributed by atoms with Crippen LogP contribution >= 0.6 is 0 Å². The zero-order valence-electron chi connectivity index (χ0n) is 11.5. The molecule has 2 aromatic carbocycles. The molecule has 2 rings (SSSR count). The van der Waals surface area contributed by atoms with Gasteiger partial charge in [0.1, 0.15) is 0 Å². The first-order valence-electron chi connectivity index (χ1n) is 6.37. The highest BCUT2D eigenvalue weighted by Gasteiger charge is 2.17. The predicted octanol–water partition coefficient (Wildman–Crippen LogP) is 2.61. The van der Waals surface area contributed by atoms with Gasteiger partial charge in [0.2, 0.25) is 0 Å². The number of nitro groups is 1. The molecule has 0 heterocycles. The molecule has 108 valence electrons. The van der Waals surface area contributed by atoms with Gasteiger partial charge in [-0.25, -0.2) is 0 Å². The minimum Gasteiger partial charge on any atom is -0.326 e. The van der Waals surface area contributed by atoms with Crippen molar-refractivity contribution < 1.29 is 9.72 Å². The molecule has 0 bridgehead atoms. The number of hydrogen-bond donors (Lipinski definition) is 2. The van der Waals surface area contributed by atoms with E-state index in [2.05, 4.69) is 5.32 Å². The first-order chi connectivity index (χ1) is 10.0. The lowest BCUT2D eigenvalue weighted by molar-refractivity contribution is -0.385. The second kappa shape index (κ2) is 6.15. The zero-order chi connectivity index (χ0) is 15.4. The molecule has 6 nitrogen and oxygen atoms in total. The van der Waals surface area contributed by atoms with Crippen LogP contribution in [0.3, 0.4) is 0 Å². The van der Waals surface area contributed by atoms with Crippen molar-refractivity contribution in [1.82, 2.24) is 0 Å². The van der Waals surface area contributed by atoms with E-state index in [0.29, 0.717) is 17.8 Å². The third-order valence-electron chi connectivity index (χ3n) is 3.17. The molecule has 0 aromatic heterocycles. The summed E-state index contributed by atoms with van der Waals surface area (Å²) in [6, 6.07) is 11.6. The van der Waals surface area contributed by atoms with Crippen LogP contribution in [0.1, 0.15) is 21.5 Å². The second-order valence-electron chi connectivity index (χ2n) is 4.57. The molecule has 0 saturated carbocycles. The van der Waals surface area contributed by atoms with Gasteiger partial charge < -0.3 is 11.1 Å². The number of amides is 1. The normalized spacial score (nSPS) is 10.2. The molecule has 3 N–H and O–H groups in total. The van der Waals surface area contributed by atoms with Crippen molar-refractivity contribution in [3.05, 3.63) is 69.3 Å². The molecule has 6 heteroatoms. The Hall–Kier alpha value is -2.73. The second-order valence-corrected chi connectivity index (χ2v) is 4.57. The highest BCUT2D eigenvalue weighted by atomic mass is 16.6. The van der Waals surface area contributed by atoms with Gasteiger partial charge in [-0.3, -0.25) is 14.9 Å². The van der Waals surface area contributed by atoms with E-state index >= 15 is 0 Å². The molecule has 0 radical (unpaired) electrons. The Morgan fingerprint density at radius 3 is 2.67 bits per heavy atom. The van der Waals surface area contributed by atoms with Crippen LogP contribution in [0, 0.1) is 17.0 Å². The monoisotopic (exact) mass is 285 g/mol. The molecule has 0 aliphatic carbocycles. The largest absolute Gasteiger partial charge is 0.326 e. The Kier molecular flexibility index (Phi) is 4.30. The summed E-state index contributed by atoms with van der Waals surface area (Å²) >= 11 is 0. The Labute approximate surface area is 121 Å². The van der Waals surface area contributed by atoms with Gasteiger partial charge in [-0.05, 0) is 30.7 Å². The average Bonchev–Trinajstić information content (AvgIpc) is 2.47. The minimum absolute atomic E-state index is 0.0710. The van der Waals surface area contributed by atoms with E-state index in [1.165, 1.54) is 12.1 Å². The number of anilines is 1. The number of nitrogens with one attached hydrogen (secondary N) is 1. The Morgan fingerprint density at radius 2 is 2.00 bits per heavy atom.